The van der Waals surface area contributed by atoms with E-state index in [1.165, 1.54) is 12.8 Å². The first kappa shape index (κ1) is 13.9. The number of nitrogens with one attached hydrogen (secondary N) is 1. The van der Waals surface area contributed by atoms with Gasteiger partial charge in [0.15, 0.2) is 0 Å². The molecule has 116 valence electrons. The number of ether oxygens (including phenoxy) is 1. The number of aromatic nitrogens is 2. The van der Waals surface area contributed by atoms with E-state index in [4.69, 9.17) is 4.74 Å². The van der Waals surface area contributed by atoms with Gasteiger partial charge in [0.1, 0.15) is 5.69 Å². The van der Waals surface area contributed by atoms with Gasteiger partial charge in [-0.15, -0.1) is 0 Å². The van der Waals surface area contributed by atoms with Crippen molar-refractivity contribution >= 4 is 11.0 Å². The fourth-order valence-corrected chi connectivity index (χ4v) is 3.21. The highest BCUT2D eigenvalue weighted by Crippen LogP contribution is 2.29. The van der Waals surface area contributed by atoms with Crippen molar-refractivity contribution in [2.75, 3.05) is 19.8 Å². The second-order valence-corrected chi connectivity index (χ2v) is 6.42. The second-order valence-electron chi connectivity index (χ2n) is 6.42. The molecule has 22 heavy (non-hydrogen) atoms. The average Bonchev–Trinajstić information content (AvgIpc) is 3.25. The van der Waals surface area contributed by atoms with Crippen LogP contribution in [0.15, 0.2) is 29.1 Å². The molecule has 1 saturated carbocycles. The normalized spacial score (nSPS) is 21.8. The van der Waals surface area contributed by atoms with Crippen molar-refractivity contribution in [3.05, 3.63) is 40.3 Å². The second kappa shape index (κ2) is 5.82. The van der Waals surface area contributed by atoms with Crippen molar-refractivity contribution in [3.63, 3.8) is 0 Å². The van der Waals surface area contributed by atoms with Crippen LogP contribution in [0.2, 0.25) is 0 Å². The van der Waals surface area contributed by atoms with Gasteiger partial charge in [-0.1, -0.05) is 12.1 Å². The Kier molecular flexibility index (Phi) is 3.68. The van der Waals surface area contributed by atoms with E-state index in [1.807, 2.05) is 24.3 Å². The van der Waals surface area contributed by atoms with E-state index in [0.29, 0.717) is 24.2 Å². The molecule has 0 amide bonds. The molecular weight excluding hydrogens is 278 g/mol. The standard InChI is InChI=1S/C17H21N3O2/c21-17-16(18-14-3-1-2-4-15(14)19-17)10-20(13-5-6-13)9-12-7-8-22-11-12/h1-4,12-13H,5-11H2,(H,19,21)/t12-/m0/s1. The number of hydrogen-bond acceptors (Lipinski definition) is 4. The summed E-state index contributed by atoms with van der Waals surface area (Å²) in [7, 11) is 0. The number of fused-ring (bicyclic) bond motifs is 1. The number of rotatable bonds is 5. The molecule has 1 saturated heterocycles. The largest absolute Gasteiger partial charge is 0.381 e. The number of hydrogen-bond donors (Lipinski definition) is 1. The lowest BCUT2D eigenvalue weighted by Gasteiger charge is -2.24. The molecule has 0 unspecified atom stereocenters. The van der Waals surface area contributed by atoms with Crippen LogP contribution in [0.1, 0.15) is 25.0 Å². The predicted octanol–water partition coefficient (Wildman–Crippen LogP) is 1.92. The zero-order chi connectivity index (χ0) is 14.9. The first-order valence-electron chi connectivity index (χ1n) is 8.09. The fraction of sp³-hybridized carbons (Fsp3) is 0.529. The highest BCUT2D eigenvalue weighted by Gasteiger charge is 2.32. The molecule has 0 bridgehead atoms. The van der Waals surface area contributed by atoms with Gasteiger partial charge in [0.2, 0.25) is 0 Å². The van der Waals surface area contributed by atoms with Crippen molar-refractivity contribution in [2.24, 2.45) is 5.92 Å². The average molecular weight is 299 g/mol. The minimum absolute atomic E-state index is 0.0629. The third-order valence-electron chi connectivity index (χ3n) is 4.60. The predicted molar refractivity (Wildman–Crippen MR) is 84.7 cm³/mol. The van der Waals surface area contributed by atoms with Crippen molar-refractivity contribution < 1.29 is 4.74 Å². The molecule has 1 N–H and O–H groups in total. The lowest BCUT2D eigenvalue weighted by atomic mass is 10.1. The van der Waals surface area contributed by atoms with Crippen molar-refractivity contribution in [1.29, 1.82) is 0 Å². The first-order valence-corrected chi connectivity index (χ1v) is 8.09. The van der Waals surface area contributed by atoms with Gasteiger partial charge in [0, 0.05) is 25.7 Å². The number of para-hydroxylation sites is 2. The summed E-state index contributed by atoms with van der Waals surface area (Å²) in [5, 5.41) is 0. The number of nitrogens with zero attached hydrogens (tertiary/aromatic N) is 2. The molecule has 5 heteroatoms. The molecule has 1 aliphatic heterocycles. The van der Waals surface area contributed by atoms with Gasteiger partial charge in [-0.3, -0.25) is 9.69 Å². The molecule has 1 aromatic carbocycles. The number of aromatic amines is 1. The van der Waals surface area contributed by atoms with Gasteiger partial charge in [0.05, 0.1) is 17.6 Å². The first-order chi connectivity index (χ1) is 10.8. The van der Waals surface area contributed by atoms with Crippen LogP contribution >= 0.6 is 0 Å². The Bertz CT molecular complexity index is 717. The Morgan fingerprint density at radius 2 is 2.14 bits per heavy atom. The van der Waals surface area contributed by atoms with E-state index >= 15 is 0 Å². The van der Waals surface area contributed by atoms with Crippen LogP contribution in [0.3, 0.4) is 0 Å². The third kappa shape index (κ3) is 2.91. The Labute approximate surface area is 129 Å². The lowest BCUT2D eigenvalue weighted by Crippen LogP contribution is -2.34. The van der Waals surface area contributed by atoms with E-state index in [2.05, 4.69) is 14.9 Å². The van der Waals surface area contributed by atoms with Crippen LogP contribution in [-0.4, -0.2) is 40.7 Å². The van der Waals surface area contributed by atoms with Crippen molar-refractivity contribution in [2.45, 2.75) is 31.8 Å². The molecule has 2 fully saturated rings. The Hall–Kier alpha value is -1.72. The van der Waals surface area contributed by atoms with Gasteiger partial charge in [0.25, 0.3) is 5.56 Å². The van der Waals surface area contributed by atoms with E-state index in [-0.39, 0.29) is 5.56 Å². The molecule has 1 aliphatic carbocycles. The van der Waals surface area contributed by atoms with Crippen LogP contribution in [0, 0.1) is 5.92 Å². The maximum atomic E-state index is 12.3. The molecule has 0 spiro atoms. The molecule has 0 radical (unpaired) electrons. The van der Waals surface area contributed by atoms with E-state index in [9.17, 15) is 4.79 Å². The fourth-order valence-electron chi connectivity index (χ4n) is 3.21. The number of H-pyrrole nitrogens is 1. The Balaban J connectivity index is 1.57. The van der Waals surface area contributed by atoms with E-state index in [0.717, 1.165) is 37.2 Å². The van der Waals surface area contributed by atoms with Gasteiger partial charge in [-0.25, -0.2) is 4.98 Å². The minimum atomic E-state index is -0.0629. The highest BCUT2D eigenvalue weighted by atomic mass is 16.5. The summed E-state index contributed by atoms with van der Waals surface area (Å²) in [4.78, 5) is 22.2. The minimum Gasteiger partial charge on any atom is -0.381 e. The summed E-state index contributed by atoms with van der Waals surface area (Å²) >= 11 is 0. The maximum Gasteiger partial charge on any atom is 0.271 e. The highest BCUT2D eigenvalue weighted by molar-refractivity contribution is 5.73. The maximum absolute atomic E-state index is 12.3. The summed E-state index contributed by atoms with van der Waals surface area (Å²) in [6, 6.07) is 8.32. The molecule has 2 heterocycles. The quantitative estimate of drug-likeness (QED) is 0.916. The molecule has 2 aliphatic rings. The van der Waals surface area contributed by atoms with Gasteiger partial charge < -0.3 is 9.72 Å². The summed E-state index contributed by atoms with van der Waals surface area (Å²) in [5.74, 6) is 0.597. The lowest BCUT2D eigenvalue weighted by molar-refractivity contribution is 0.160. The van der Waals surface area contributed by atoms with Crippen LogP contribution in [0.25, 0.3) is 11.0 Å². The molecule has 1 atom stereocenters. The molecule has 5 nitrogen and oxygen atoms in total. The smallest absolute Gasteiger partial charge is 0.271 e. The molecule has 2 aromatic rings. The van der Waals surface area contributed by atoms with E-state index in [1.54, 1.807) is 0 Å². The Morgan fingerprint density at radius 3 is 2.91 bits per heavy atom. The van der Waals surface area contributed by atoms with Crippen LogP contribution in [-0.2, 0) is 11.3 Å². The zero-order valence-corrected chi connectivity index (χ0v) is 12.6. The number of benzene rings is 1. The molecule has 1 aromatic heterocycles. The van der Waals surface area contributed by atoms with Crippen LogP contribution in [0.5, 0.6) is 0 Å². The third-order valence-corrected chi connectivity index (χ3v) is 4.60. The van der Waals surface area contributed by atoms with Crippen molar-refractivity contribution in [3.8, 4) is 0 Å². The monoisotopic (exact) mass is 299 g/mol. The summed E-state index contributed by atoms with van der Waals surface area (Å²) < 4.78 is 5.48. The van der Waals surface area contributed by atoms with Crippen molar-refractivity contribution in [1.82, 2.24) is 14.9 Å². The van der Waals surface area contributed by atoms with Gasteiger partial charge in [-0.05, 0) is 37.3 Å². The summed E-state index contributed by atoms with van der Waals surface area (Å²) in [5.41, 5.74) is 2.23. The topological polar surface area (TPSA) is 58.2 Å². The van der Waals surface area contributed by atoms with E-state index < -0.39 is 0 Å². The van der Waals surface area contributed by atoms with Gasteiger partial charge in [-0.2, -0.15) is 0 Å². The molecule has 4 rings (SSSR count). The SMILES string of the molecule is O=c1[nH]c2ccccc2nc1CN(C[C@@H]1CCOC1)C1CC1. The Morgan fingerprint density at radius 1 is 1.27 bits per heavy atom. The summed E-state index contributed by atoms with van der Waals surface area (Å²) in [6.45, 7) is 3.38. The van der Waals surface area contributed by atoms with Crippen LogP contribution in [0.4, 0.5) is 0 Å². The summed E-state index contributed by atoms with van der Waals surface area (Å²) in [6.07, 6.45) is 3.60. The molecular formula is C17H21N3O2. The van der Waals surface area contributed by atoms with Gasteiger partial charge >= 0.3 is 0 Å². The zero-order valence-electron chi connectivity index (χ0n) is 12.6. The van der Waals surface area contributed by atoms with Crippen LogP contribution < -0.4 is 5.56 Å².